The molecule has 1 fully saturated rings. The first kappa shape index (κ1) is 21.8. The Morgan fingerprint density at radius 2 is 2.09 bits per heavy atom. The van der Waals surface area contributed by atoms with E-state index in [1.807, 2.05) is 60.4 Å². The Labute approximate surface area is 188 Å². The summed E-state index contributed by atoms with van der Waals surface area (Å²) in [5.41, 5.74) is 4.13. The van der Waals surface area contributed by atoms with Gasteiger partial charge in [-0.05, 0) is 42.5 Å². The lowest BCUT2D eigenvalue weighted by atomic mass is 9.99. The van der Waals surface area contributed by atoms with Crippen LogP contribution >= 0.6 is 0 Å². The van der Waals surface area contributed by atoms with Gasteiger partial charge in [0.1, 0.15) is 11.4 Å². The van der Waals surface area contributed by atoms with Gasteiger partial charge in [0.2, 0.25) is 5.95 Å². The molecule has 8 nitrogen and oxygen atoms in total. The monoisotopic (exact) mass is 434 g/mol. The molecule has 8 heteroatoms. The summed E-state index contributed by atoms with van der Waals surface area (Å²) < 4.78 is 5.42. The lowest BCUT2D eigenvalue weighted by Crippen LogP contribution is -2.32. The maximum Gasteiger partial charge on any atom is 0.274 e. The Morgan fingerprint density at radius 1 is 1.28 bits per heavy atom. The fourth-order valence-electron chi connectivity index (χ4n) is 4.05. The number of amides is 1. The van der Waals surface area contributed by atoms with E-state index in [0.717, 1.165) is 41.1 Å². The molecular weight excluding hydrogens is 404 g/mol. The van der Waals surface area contributed by atoms with Crippen LogP contribution in [0.2, 0.25) is 0 Å². The average Bonchev–Trinajstić information content (AvgIpc) is 3.48. The van der Waals surface area contributed by atoms with Crippen LogP contribution in [-0.2, 0) is 0 Å². The fraction of sp³-hybridized carbons (Fsp3) is 0.417. The van der Waals surface area contributed by atoms with Crippen molar-refractivity contribution >= 4 is 11.9 Å². The topological polar surface area (TPSA) is 87.2 Å². The number of methoxy groups -OCH3 is 1. The van der Waals surface area contributed by atoms with Crippen LogP contribution in [0.15, 0.2) is 36.5 Å². The molecule has 1 amide bonds. The summed E-state index contributed by atoms with van der Waals surface area (Å²) in [5, 5.41) is 7.28. The molecule has 3 aromatic rings. The van der Waals surface area contributed by atoms with Crippen LogP contribution in [0.4, 0.5) is 5.95 Å². The van der Waals surface area contributed by atoms with Gasteiger partial charge in [-0.2, -0.15) is 5.10 Å². The van der Waals surface area contributed by atoms with Gasteiger partial charge in [0, 0.05) is 38.1 Å². The van der Waals surface area contributed by atoms with E-state index in [-0.39, 0.29) is 17.9 Å². The first-order chi connectivity index (χ1) is 15.4. The predicted octanol–water partition coefficient (Wildman–Crippen LogP) is 4.04. The minimum absolute atomic E-state index is 0.0720. The van der Waals surface area contributed by atoms with E-state index in [9.17, 15) is 4.79 Å². The van der Waals surface area contributed by atoms with Crippen molar-refractivity contribution in [2.24, 2.45) is 0 Å². The van der Waals surface area contributed by atoms with Crippen molar-refractivity contribution in [3.8, 4) is 16.9 Å². The van der Waals surface area contributed by atoms with E-state index in [0.29, 0.717) is 18.2 Å². The number of carbonyl (C=O) groups is 1. The molecular formula is C24H30N6O2. The SMILES string of the molecule is COc1cccc(-c2cnc(N(C)C)nc2[C@H]2CCCN2C(=O)c2cc(C(C)C)[nH]n2)c1. The number of nitrogens with zero attached hydrogens (tertiary/aromatic N) is 5. The third-order valence-electron chi connectivity index (χ3n) is 5.85. The molecule has 0 radical (unpaired) electrons. The van der Waals surface area contributed by atoms with Crippen LogP contribution < -0.4 is 9.64 Å². The normalized spacial score (nSPS) is 15.9. The van der Waals surface area contributed by atoms with Crippen LogP contribution in [0, 0.1) is 0 Å². The molecule has 0 bridgehead atoms. The van der Waals surface area contributed by atoms with Gasteiger partial charge in [-0.15, -0.1) is 0 Å². The Balaban J connectivity index is 1.75. The van der Waals surface area contributed by atoms with Gasteiger partial charge in [-0.1, -0.05) is 26.0 Å². The minimum Gasteiger partial charge on any atom is -0.497 e. The molecule has 1 N–H and O–H groups in total. The van der Waals surface area contributed by atoms with Crippen molar-refractivity contribution in [1.29, 1.82) is 0 Å². The van der Waals surface area contributed by atoms with E-state index < -0.39 is 0 Å². The molecule has 4 rings (SSSR count). The number of aromatic nitrogens is 4. The molecule has 1 saturated heterocycles. The lowest BCUT2D eigenvalue weighted by molar-refractivity contribution is 0.0727. The Kier molecular flexibility index (Phi) is 6.12. The maximum atomic E-state index is 13.4. The molecule has 1 aliphatic heterocycles. The minimum atomic E-state index is -0.149. The summed E-state index contributed by atoms with van der Waals surface area (Å²) >= 11 is 0. The zero-order valence-corrected chi connectivity index (χ0v) is 19.3. The van der Waals surface area contributed by atoms with E-state index in [1.165, 1.54) is 0 Å². The number of hydrogen-bond acceptors (Lipinski definition) is 6. The zero-order valence-electron chi connectivity index (χ0n) is 19.3. The number of nitrogens with one attached hydrogen (secondary N) is 1. The van der Waals surface area contributed by atoms with Gasteiger partial charge < -0.3 is 14.5 Å². The van der Waals surface area contributed by atoms with Crippen molar-refractivity contribution in [3.05, 3.63) is 53.6 Å². The molecule has 0 spiro atoms. The Bertz CT molecular complexity index is 1110. The number of aromatic amines is 1. The molecule has 0 saturated carbocycles. The smallest absolute Gasteiger partial charge is 0.274 e. The highest BCUT2D eigenvalue weighted by Gasteiger charge is 2.35. The second-order valence-corrected chi connectivity index (χ2v) is 8.62. The summed E-state index contributed by atoms with van der Waals surface area (Å²) in [6.07, 6.45) is 3.60. The van der Waals surface area contributed by atoms with E-state index in [2.05, 4.69) is 29.0 Å². The maximum absolute atomic E-state index is 13.4. The van der Waals surface area contributed by atoms with Gasteiger partial charge in [0.05, 0.1) is 18.8 Å². The highest BCUT2D eigenvalue weighted by Crippen LogP contribution is 2.38. The number of carbonyl (C=O) groups excluding carboxylic acids is 1. The predicted molar refractivity (Wildman–Crippen MR) is 124 cm³/mol. The number of rotatable bonds is 6. The molecule has 3 heterocycles. The number of benzene rings is 1. The summed E-state index contributed by atoms with van der Waals surface area (Å²) in [6, 6.07) is 9.56. The van der Waals surface area contributed by atoms with Crippen LogP contribution in [0.25, 0.3) is 11.1 Å². The second kappa shape index (κ2) is 8.98. The van der Waals surface area contributed by atoms with Gasteiger partial charge >= 0.3 is 0 Å². The molecule has 1 atom stereocenters. The summed E-state index contributed by atoms with van der Waals surface area (Å²) in [4.78, 5) is 26.6. The van der Waals surface area contributed by atoms with Gasteiger partial charge in [-0.3, -0.25) is 9.89 Å². The first-order valence-corrected chi connectivity index (χ1v) is 10.9. The standard InChI is InChI=1S/C24H30N6O2/c1-15(2)19-13-20(28-27-19)23(31)30-11-7-10-21(30)22-18(14-25-24(26-22)29(3)4)16-8-6-9-17(12-16)32-5/h6,8-9,12-15,21H,7,10-11H2,1-5H3,(H,27,28)/t21-/m1/s1. The molecule has 168 valence electrons. The van der Waals surface area contributed by atoms with Crippen molar-refractivity contribution < 1.29 is 9.53 Å². The van der Waals surface area contributed by atoms with Crippen LogP contribution in [0.1, 0.15) is 60.5 Å². The van der Waals surface area contributed by atoms with E-state index in [1.54, 1.807) is 7.11 Å². The van der Waals surface area contributed by atoms with Crippen LogP contribution in [0.5, 0.6) is 5.75 Å². The number of likely N-dealkylation sites (tertiary alicyclic amines) is 1. The largest absolute Gasteiger partial charge is 0.497 e. The van der Waals surface area contributed by atoms with Crippen LogP contribution in [0.3, 0.4) is 0 Å². The molecule has 1 aromatic carbocycles. The molecule has 2 aromatic heterocycles. The van der Waals surface area contributed by atoms with Gasteiger partial charge in [0.15, 0.2) is 0 Å². The van der Waals surface area contributed by atoms with Crippen LogP contribution in [-0.4, -0.2) is 58.7 Å². The van der Waals surface area contributed by atoms with Crippen molar-refractivity contribution in [1.82, 2.24) is 25.1 Å². The van der Waals surface area contributed by atoms with Crippen molar-refractivity contribution in [2.75, 3.05) is 32.6 Å². The molecule has 1 aliphatic rings. The third-order valence-corrected chi connectivity index (χ3v) is 5.85. The van der Waals surface area contributed by atoms with Crippen molar-refractivity contribution in [3.63, 3.8) is 0 Å². The summed E-state index contributed by atoms with van der Waals surface area (Å²) in [6.45, 7) is 4.82. The summed E-state index contributed by atoms with van der Waals surface area (Å²) in [5.74, 6) is 1.59. The summed E-state index contributed by atoms with van der Waals surface area (Å²) in [7, 11) is 5.48. The number of ether oxygens (including phenoxy) is 1. The Morgan fingerprint density at radius 3 is 2.78 bits per heavy atom. The molecule has 0 unspecified atom stereocenters. The van der Waals surface area contributed by atoms with Gasteiger partial charge in [0.25, 0.3) is 5.91 Å². The zero-order chi connectivity index (χ0) is 22.8. The number of H-pyrrole nitrogens is 1. The molecule has 32 heavy (non-hydrogen) atoms. The Hall–Kier alpha value is -3.42. The van der Waals surface area contributed by atoms with E-state index in [4.69, 9.17) is 9.72 Å². The fourth-order valence-corrected chi connectivity index (χ4v) is 4.05. The van der Waals surface area contributed by atoms with E-state index >= 15 is 0 Å². The lowest BCUT2D eigenvalue weighted by Gasteiger charge is -2.26. The quantitative estimate of drug-likeness (QED) is 0.630. The average molecular weight is 435 g/mol. The highest BCUT2D eigenvalue weighted by atomic mass is 16.5. The second-order valence-electron chi connectivity index (χ2n) is 8.62. The highest BCUT2D eigenvalue weighted by molar-refractivity contribution is 5.93. The third kappa shape index (κ3) is 4.17. The van der Waals surface area contributed by atoms with Gasteiger partial charge in [-0.25, -0.2) is 9.97 Å². The number of anilines is 1. The van der Waals surface area contributed by atoms with Crippen molar-refractivity contribution in [2.45, 2.75) is 38.6 Å². The first-order valence-electron chi connectivity index (χ1n) is 10.9. The number of hydrogen-bond donors (Lipinski definition) is 1. The molecule has 0 aliphatic carbocycles.